The van der Waals surface area contributed by atoms with Gasteiger partial charge < -0.3 is 9.14 Å². The number of hydrogen-bond acceptors (Lipinski definition) is 1. The van der Waals surface area contributed by atoms with Crippen LogP contribution in [-0.4, -0.2) is 4.40 Å². The molecule has 0 radical (unpaired) electrons. The van der Waals surface area contributed by atoms with Gasteiger partial charge in [-0.25, -0.2) is 4.57 Å². The summed E-state index contributed by atoms with van der Waals surface area (Å²) >= 11 is 0. The molecule has 0 aliphatic heterocycles. The maximum absolute atomic E-state index is 6.17. The largest absolute Gasteiger partial charge is 0.457 e. The minimum absolute atomic E-state index is 0.848. The lowest BCUT2D eigenvalue weighted by Gasteiger charge is -2.12. The number of aryl methyl sites for hydroxylation is 2. The van der Waals surface area contributed by atoms with Crippen LogP contribution in [0.2, 0.25) is 0 Å². The number of pyridine rings is 2. The van der Waals surface area contributed by atoms with Crippen molar-refractivity contribution in [1.29, 1.82) is 0 Å². The van der Waals surface area contributed by atoms with Crippen LogP contribution in [0.5, 0.6) is 11.5 Å². The van der Waals surface area contributed by atoms with Gasteiger partial charge in [-0.05, 0) is 54.3 Å². The molecule has 0 atom stereocenters. The minimum Gasteiger partial charge on any atom is -0.457 e. The van der Waals surface area contributed by atoms with E-state index in [4.69, 9.17) is 4.74 Å². The van der Waals surface area contributed by atoms with Crippen molar-refractivity contribution in [2.45, 2.75) is 6.92 Å². The number of fused-ring (bicyclic) bond motifs is 5. The molecule has 3 heteroatoms. The van der Waals surface area contributed by atoms with E-state index in [9.17, 15) is 0 Å². The highest BCUT2D eigenvalue weighted by Crippen LogP contribution is 2.41. The summed E-state index contributed by atoms with van der Waals surface area (Å²) in [5, 5.41) is 6.36. The van der Waals surface area contributed by atoms with Crippen LogP contribution < -0.4 is 9.30 Å². The molecule has 0 aliphatic carbocycles. The first-order chi connectivity index (χ1) is 15.7. The normalized spacial score (nSPS) is 12.1. The van der Waals surface area contributed by atoms with Gasteiger partial charge >= 0.3 is 0 Å². The number of benzene rings is 4. The Hall–Kier alpha value is -4.11. The number of nitrogens with zero attached hydrogens (tertiary/aromatic N) is 2. The Bertz CT molecular complexity index is 1810. The molecule has 0 amide bonds. The monoisotopic (exact) mass is 413 g/mol. The lowest BCUT2D eigenvalue weighted by Crippen LogP contribution is -2.28. The van der Waals surface area contributed by atoms with Gasteiger partial charge in [-0.1, -0.05) is 42.5 Å². The van der Waals surface area contributed by atoms with Crippen LogP contribution in [0.1, 0.15) is 5.56 Å². The first kappa shape index (κ1) is 17.6. The van der Waals surface area contributed by atoms with Gasteiger partial charge in [0.2, 0.25) is 5.52 Å². The summed E-state index contributed by atoms with van der Waals surface area (Å²) in [5.74, 6) is 1.70. The highest BCUT2D eigenvalue weighted by molar-refractivity contribution is 6.25. The fourth-order valence-corrected chi connectivity index (χ4v) is 5.31. The van der Waals surface area contributed by atoms with Crippen LogP contribution in [-0.2, 0) is 7.05 Å². The molecule has 0 unspecified atom stereocenters. The molecule has 0 aliphatic rings. The van der Waals surface area contributed by atoms with Crippen LogP contribution in [0.15, 0.2) is 91.1 Å². The van der Waals surface area contributed by atoms with E-state index in [1.165, 1.54) is 54.6 Å². The molecule has 7 aromatic rings. The predicted molar refractivity (Wildman–Crippen MR) is 131 cm³/mol. The van der Waals surface area contributed by atoms with E-state index in [1.807, 2.05) is 30.3 Å². The van der Waals surface area contributed by atoms with Gasteiger partial charge in [0.25, 0.3) is 0 Å². The summed E-state index contributed by atoms with van der Waals surface area (Å²) in [6, 6.07) is 29.7. The van der Waals surface area contributed by atoms with Crippen molar-refractivity contribution in [3.05, 3.63) is 96.7 Å². The smallest absolute Gasteiger partial charge is 0.224 e. The third-order valence-corrected chi connectivity index (χ3v) is 6.71. The maximum atomic E-state index is 6.17. The second-order valence-electron chi connectivity index (χ2n) is 8.60. The number of aromatic nitrogens is 2. The van der Waals surface area contributed by atoms with Gasteiger partial charge in [0.1, 0.15) is 18.5 Å². The molecular formula is C29H21N2O+. The number of para-hydroxylation sites is 1. The average Bonchev–Trinajstić information content (AvgIpc) is 3.14. The summed E-state index contributed by atoms with van der Waals surface area (Å²) < 4.78 is 10.9. The molecule has 0 N–H and O–H groups in total. The molecule has 32 heavy (non-hydrogen) atoms. The van der Waals surface area contributed by atoms with Gasteiger partial charge in [0, 0.05) is 16.8 Å². The molecule has 0 saturated heterocycles. The highest BCUT2D eigenvalue weighted by Gasteiger charge is 2.23. The standard InChI is InChI=1S/C29H21N2O/c1-18-11-13-22-23-17-21(32-20-8-4-3-5-9-20)12-14-24(23)31-25-10-6-7-19-15-16-30(2)29(27(19)25)26(18)28(22)31/h3-17H,1-2H3/q+1. The predicted octanol–water partition coefficient (Wildman–Crippen LogP) is 6.92. The van der Waals surface area contributed by atoms with E-state index >= 15 is 0 Å². The number of hydrogen-bond donors (Lipinski definition) is 0. The maximum Gasteiger partial charge on any atom is 0.224 e. The average molecular weight is 414 g/mol. The van der Waals surface area contributed by atoms with Crippen molar-refractivity contribution in [3.63, 3.8) is 0 Å². The van der Waals surface area contributed by atoms with Gasteiger partial charge in [0.05, 0.1) is 27.3 Å². The Kier molecular flexibility index (Phi) is 3.41. The van der Waals surface area contributed by atoms with E-state index in [-0.39, 0.29) is 0 Å². The Labute approximate surface area is 185 Å². The lowest BCUT2D eigenvalue weighted by atomic mass is 10.00. The van der Waals surface area contributed by atoms with Crippen molar-refractivity contribution in [3.8, 4) is 11.5 Å². The topological polar surface area (TPSA) is 17.5 Å². The molecule has 152 valence electrons. The van der Waals surface area contributed by atoms with E-state index in [1.54, 1.807) is 0 Å². The Morgan fingerprint density at radius 1 is 0.719 bits per heavy atom. The SMILES string of the molecule is Cc1ccc2c3cc(Oc4ccccc4)ccc3n3c4cccc5cc[n+](C)c(c1c23)c54. The molecule has 3 aromatic heterocycles. The van der Waals surface area contributed by atoms with Crippen molar-refractivity contribution in [2.24, 2.45) is 7.05 Å². The first-order valence-corrected chi connectivity index (χ1v) is 10.9. The van der Waals surface area contributed by atoms with Gasteiger partial charge in [-0.2, -0.15) is 0 Å². The molecule has 4 aromatic carbocycles. The van der Waals surface area contributed by atoms with E-state index < -0.39 is 0 Å². The van der Waals surface area contributed by atoms with Gasteiger partial charge in [0.15, 0.2) is 6.20 Å². The van der Waals surface area contributed by atoms with Crippen LogP contribution >= 0.6 is 0 Å². The fourth-order valence-electron chi connectivity index (χ4n) is 5.31. The highest BCUT2D eigenvalue weighted by atomic mass is 16.5. The van der Waals surface area contributed by atoms with E-state index in [0.717, 1.165) is 11.5 Å². The zero-order valence-electron chi connectivity index (χ0n) is 18.0. The van der Waals surface area contributed by atoms with Crippen LogP contribution in [0.4, 0.5) is 0 Å². The van der Waals surface area contributed by atoms with Crippen LogP contribution in [0.25, 0.3) is 49.0 Å². The number of ether oxygens (including phenoxy) is 1. The van der Waals surface area contributed by atoms with Crippen LogP contribution in [0, 0.1) is 6.92 Å². The molecule has 3 nitrogen and oxygen atoms in total. The van der Waals surface area contributed by atoms with E-state index in [2.05, 4.69) is 83.7 Å². The molecule has 0 spiro atoms. The molecule has 0 fully saturated rings. The summed E-state index contributed by atoms with van der Waals surface area (Å²) in [6.45, 7) is 2.22. The van der Waals surface area contributed by atoms with Gasteiger partial charge in [-0.3, -0.25) is 0 Å². The summed E-state index contributed by atoms with van der Waals surface area (Å²) in [4.78, 5) is 0. The summed E-state index contributed by atoms with van der Waals surface area (Å²) in [5.41, 5.74) is 6.30. The second-order valence-corrected chi connectivity index (χ2v) is 8.60. The van der Waals surface area contributed by atoms with Crippen molar-refractivity contribution in [1.82, 2.24) is 4.40 Å². The molecule has 0 saturated carbocycles. The zero-order chi connectivity index (χ0) is 21.4. The second kappa shape index (κ2) is 6.21. The van der Waals surface area contributed by atoms with Gasteiger partial charge in [-0.15, -0.1) is 0 Å². The third kappa shape index (κ3) is 2.23. The molecule has 0 bridgehead atoms. The third-order valence-electron chi connectivity index (χ3n) is 6.71. The molecular weight excluding hydrogens is 392 g/mol. The molecule has 7 rings (SSSR count). The number of rotatable bonds is 2. The Morgan fingerprint density at radius 2 is 1.59 bits per heavy atom. The quantitative estimate of drug-likeness (QED) is 0.171. The van der Waals surface area contributed by atoms with Crippen molar-refractivity contribution < 1.29 is 9.30 Å². The summed E-state index contributed by atoms with van der Waals surface area (Å²) in [7, 11) is 2.15. The van der Waals surface area contributed by atoms with Crippen molar-refractivity contribution in [2.75, 3.05) is 0 Å². The summed E-state index contributed by atoms with van der Waals surface area (Å²) in [6.07, 6.45) is 2.17. The Balaban J connectivity index is 1.67. The first-order valence-electron chi connectivity index (χ1n) is 10.9. The molecule has 3 heterocycles. The van der Waals surface area contributed by atoms with E-state index in [0.29, 0.717) is 0 Å². The zero-order valence-corrected chi connectivity index (χ0v) is 18.0. The Morgan fingerprint density at radius 3 is 2.47 bits per heavy atom. The van der Waals surface area contributed by atoms with Crippen LogP contribution in [0.3, 0.4) is 0 Å². The van der Waals surface area contributed by atoms with Crippen molar-refractivity contribution >= 4 is 49.0 Å². The minimum atomic E-state index is 0.848. The lowest BCUT2D eigenvalue weighted by molar-refractivity contribution is -0.643. The fraction of sp³-hybridized carbons (Fsp3) is 0.0690.